The fraction of sp³-hybridized carbons (Fsp3) is 0.562. The van der Waals surface area contributed by atoms with Gasteiger partial charge in [0, 0.05) is 0 Å². The van der Waals surface area contributed by atoms with Gasteiger partial charge in [0.05, 0.1) is 6.42 Å². The molecule has 0 heterocycles. The second-order valence-electron chi connectivity index (χ2n) is 6.35. The molecule has 1 unspecified atom stereocenters. The number of hydrogen-bond acceptors (Lipinski definition) is 1. The van der Waals surface area contributed by atoms with Crippen LogP contribution in [0.5, 0.6) is 0 Å². The summed E-state index contributed by atoms with van der Waals surface area (Å²) in [6.45, 7) is 6.59. The highest BCUT2D eigenvalue weighted by atomic mass is 16.4. The van der Waals surface area contributed by atoms with E-state index in [9.17, 15) is 4.79 Å². The molecule has 0 aliphatic heterocycles. The van der Waals surface area contributed by atoms with E-state index >= 15 is 0 Å². The van der Waals surface area contributed by atoms with Crippen LogP contribution >= 0.6 is 0 Å². The van der Waals surface area contributed by atoms with Crippen molar-refractivity contribution in [2.75, 3.05) is 0 Å². The summed E-state index contributed by atoms with van der Waals surface area (Å²) < 4.78 is 0. The molecule has 0 fully saturated rings. The van der Waals surface area contributed by atoms with Crippen molar-refractivity contribution in [1.29, 1.82) is 0 Å². The van der Waals surface area contributed by atoms with Crippen LogP contribution in [-0.2, 0) is 16.6 Å². The molecule has 1 N–H and O–H groups in total. The average molecular weight is 246 g/mol. The van der Waals surface area contributed by atoms with Gasteiger partial charge in [-0.05, 0) is 47.3 Å². The van der Waals surface area contributed by atoms with Gasteiger partial charge in [-0.1, -0.05) is 39.0 Å². The molecule has 1 atom stereocenters. The number of benzene rings is 1. The first-order valence-electron chi connectivity index (χ1n) is 6.73. The highest BCUT2D eigenvalue weighted by Gasteiger charge is 2.24. The molecule has 0 saturated heterocycles. The summed E-state index contributed by atoms with van der Waals surface area (Å²) in [5.74, 6) is -0.484. The van der Waals surface area contributed by atoms with Gasteiger partial charge in [-0.3, -0.25) is 4.79 Å². The molecule has 2 rings (SSSR count). The van der Waals surface area contributed by atoms with Crippen LogP contribution < -0.4 is 0 Å². The van der Waals surface area contributed by atoms with E-state index in [1.54, 1.807) is 0 Å². The predicted octanol–water partition coefficient (Wildman–Crippen LogP) is 3.88. The molecule has 18 heavy (non-hydrogen) atoms. The number of aliphatic carboxylic acids is 1. The number of fused-ring (bicyclic) bond motifs is 1. The third-order valence-electron chi connectivity index (χ3n) is 3.87. The first kappa shape index (κ1) is 13.1. The molecule has 0 radical (unpaired) electrons. The van der Waals surface area contributed by atoms with Gasteiger partial charge in [0.25, 0.3) is 0 Å². The summed E-state index contributed by atoms with van der Waals surface area (Å²) in [7, 11) is 0. The van der Waals surface area contributed by atoms with Crippen molar-refractivity contribution in [2.24, 2.45) is 0 Å². The van der Waals surface area contributed by atoms with Gasteiger partial charge in [-0.2, -0.15) is 0 Å². The molecule has 0 amide bonds. The minimum Gasteiger partial charge on any atom is -0.481 e. The summed E-state index contributed by atoms with van der Waals surface area (Å²) in [4.78, 5) is 11.0. The van der Waals surface area contributed by atoms with Crippen LogP contribution in [-0.4, -0.2) is 11.1 Å². The number of hydrogen-bond donors (Lipinski definition) is 1. The van der Waals surface area contributed by atoms with Gasteiger partial charge in [0.15, 0.2) is 0 Å². The smallest absolute Gasteiger partial charge is 0.303 e. The van der Waals surface area contributed by atoms with E-state index in [1.165, 1.54) is 16.7 Å². The van der Waals surface area contributed by atoms with Gasteiger partial charge in [0.1, 0.15) is 0 Å². The predicted molar refractivity (Wildman–Crippen MR) is 73.1 cm³/mol. The Bertz CT molecular complexity index is 455. The van der Waals surface area contributed by atoms with Crippen molar-refractivity contribution in [3.63, 3.8) is 0 Å². The van der Waals surface area contributed by atoms with Gasteiger partial charge >= 0.3 is 5.97 Å². The summed E-state index contributed by atoms with van der Waals surface area (Å²) in [6.07, 6.45) is 3.48. The van der Waals surface area contributed by atoms with Crippen LogP contribution in [0.25, 0.3) is 0 Å². The van der Waals surface area contributed by atoms with E-state index in [-0.39, 0.29) is 17.8 Å². The van der Waals surface area contributed by atoms with E-state index in [2.05, 4.69) is 39.0 Å². The van der Waals surface area contributed by atoms with Crippen LogP contribution in [0.3, 0.4) is 0 Å². The van der Waals surface area contributed by atoms with Crippen LogP contribution in [0, 0.1) is 0 Å². The minimum absolute atomic E-state index is 0.125. The monoisotopic (exact) mass is 246 g/mol. The standard InChI is InChI=1S/C16H22O2/c1-16(2,3)13-8-7-11-5-4-6-12(9-15(17)18)14(11)10-13/h7-8,10,12H,4-6,9H2,1-3H3,(H,17,18). The summed E-state index contributed by atoms with van der Waals surface area (Å²) in [6, 6.07) is 6.63. The Morgan fingerprint density at radius 2 is 2.11 bits per heavy atom. The molecule has 1 aromatic carbocycles. The molecule has 2 nitrogen and oxygen atoms in total. The van der Waals surface area contributed by atoms with Gasteiger partial charge in [0.2, 0.25) is 0 Å². The molecule has 0 bridgehead atoms. The summed E-state index contributed by atoms with van der Waals surface area (Å²) >= 11 is 0. The largest absolute Gasteiger partial charge is 0.481 e. The second kappa shape index (κ2) is 4.75. The zero-order valence-corrected chi connectivity index (χ0v) is 11.5. The van der Waals surface area contributed by atoms with Crippen molar-refractivity contribution in [3.05, 3.63) is 34.9 Å². The Balaban J connectivity index is 2.38. The number of rotatable bonds is 2. The van der Waals surface area contributed by atoms with Gasteiger partial charge in [-0.25, -0.2) is 0 Å². The lowest BCUT2D eigenvalue weighted by atomic mass is 9.77. The normalized spacial score (nSPS) is 19.4. The molecule has 1 aliphatic carbocycles. The van der Waals surface area contributed by atoms with Crippen LogP contribution in [0.15, 0.2) is 18.2 Å². The number of aryl methyl sites for hydroxylation is 1. The maximum atomic E-state index is 11.0. The van der Waals surface area contributed by atoms with Crippen molar-refractivity contribution in [3.8, 4) is 0 Å². The fourth-order valence-electron chi connectivity index (χ4n) is 2.79. The number of carboxylic acids is 1. The Kier molecular flexibility index (Phi) is 3.47. The van der Waals surface area contributed by atoms with Crippen molar-refractivity contribution >= 4 is 5.97 Å². The quantitative estimate of drug-likeness (QED) is 0.859. The maximum absolute atomic E-state index is 11.0. The van der Waals surface area contributed by atoms with Gasteiger partial charge in [-0.15, -0.1) is 0 Å². The second-order valence-corrected chi connectivity index (χ2v) is 6.35. The summed E-state index contributed by atoms with van der Waals surface area (Å²) in [5.41, 5.74) is 4.05. The Morgan fingerprint density at radius 1 is 1.39 bits per heavy atom. The van der Waals surface area contributed by atoms with E-state index in [1.807, 2.05) is 0 Å². The Labute approximate surface area is 109 Å². The Morgan fingerprint density at radius 3 is 2.72 bits per heavy atom. The van der Waals surface area contributed by atoms with Crippen molar-refractivity contribution < 1.29 is 9.90 Å². The van der Waals surface area contributed by atoms with Crippen LogP contribution in [0.4, 0.5) is 0 Å². The highest BCUT2D eigenvalue weighted by molar-refractivity contribution is 5.68. The van der Waals surface area contributed by atoms with Crippen LogP contribution in [0.2, 0.25) is 0 Å². The van der Waals surface area contributed by atoms with E-state index in [0.717, 1.165) is 19.3 Å². The fourth-order valence-corrected chi connectivity index (χ4v) is 2.79. The SMILES string of the molecule is CC(C)(C)c1ccc2c(c1)C(CC(=O)O)CCC2. The Hall–Kier alpha value is -1.31. The zero-order chi connectivity index (χ0) is 13.3. The third kappa shape index (κ3) is 2.74. The molecule has 0 spiro atoms. The topological polar surface area (TPSA) is 37.3 Å². The van der Waals surface area contributed by atoms with Gasteiger partial charge < -0.3 is 5.11 Å². The molecule has 0 aromatic heterocycles. The first-order valence-corrected chi connectivity index (χ1v) is 6.73. The molecular weight excluding hydrogens is 224 g/mol. The maximum Gasteiger partial charge on any atom is 0.303 e. The lowest BCUT2D eigenvalue weighted by molar-refractivity contribution is -0.137. The zero-order valence-electron chi connectivity index (χ0n) is 11.5. The van der Waals surface area contributed by atoms with E-state index in [4.69, 9.17) is 5.11 Å². The third-order valence-corrected chi connectivity index (χ3v) is 3.87. The van der Waals surface area contributed by atoms with Crippen LogP contribution in [0.1, 0.15) is 62.6 Å². The number of carboxylic acid groups (broad SMARTS) is 1. The molecule has 0 saturated carbocycles. The van der Waals surface area contributed by atoms with E-state index in [0.29, 0.717) is 0 Å². The first-order chi connectivity index (χ1) is 8.38. The molecule has 1 aliphatic rings. The molecule has 98 valence electrons. The lowest BCUT2D eigenvalue weighted by Crippen LogP contribution is -2.17. The summed E-state index contributed by atoms with van der Waals surface area (Å²) in [5, 5.41) is 9.02. The van der Waals surface area contributed by atoms with Crippen molar-refractivity contribution in [2.45, 2.75) is 57.8 Å². The van der Waals surface area contributed by atoms with E-state index < -0.39 is 5.97 Å². The average Bonchev–Trinajstić information content (AvgIpc) is 2.27. The number of carbonyl (C=O) groups is 1. The minimum atomic E-state index is -0.686. The highest BCUT2D eigenvalue weighted by Crippen LogP contribution is 2.36. The van der Waals surface area contributed by atoms with Crippen molar-refractivity contribution in [1.82, 2.24) is 0 Å². The molecule has 2 heteroatoms. The molecular formula is C16H22O2. The lowest BCUT2D eigenvalue weighted by Gasteiger charge is -2.28. The molecule has 1 aromatic rings.